The first-order valence-corrected chi connectivity index (χ1v) is 9.44. The summed E-state index contributed by atoms with van der Waals surface area (Å²) in [4.78, 5) is 28.9. The molecular formula is C20H23ClN2O3. The van der Waals surface area contributed by atoms with E-state index in [-0.39, 0.29) is 18.6 Å². The third kappa shape index (κ3) is 4.73. The summed E-state index contributed by atoms with van der Waals surface area (Å²) in [7, 11) is 0. The number of hydrogen-bond acceptors (Lipinski definition) is 4. The van der Waals surface area contributed by atoms with Crippen molar-refractivity contribution >= 4 is 34.4 Å². The van der Waals surface area contributed by atoms with E-state index in [1.807, 2.05) is 0 Å². The Morgan fingerprint density at radius 3 is 2.65 bits per heavy atom. The van der Waals surface area contributed by atoms with Crippen LogP contribution >= 0.6 is 11.6 Å². The van der Waals surface area contributed by atoms with Gasteiger partial charge in [0, 0.05) is 16.5 Å². The number of rotatable bonds is 4. The Kier molecular flexibility index (Phi) is 6.09. The van der Waals surface area contributed by atoms with E-state index in [1.165, 1.54) is 12.8 Å². The summed E-state index contributed by atoms with van der Waals surface area (Å²) < 4.78 is 5.20. The number of aryl methyl sites for hydroxylation is 1. The third-order valence-electron chi connectivity index (χ3n) is 4.74. The standard InChI is InChI=1S/C20H23ClN2O3/c1-13-17(11-14-10-15(21)8-9-18(14)22-13)20(25)26-12-19(24)23-16-6-4-2-3-5-7-16/h8-11,16H,2-7,12H2,1H3,(H,23,24). The summed E-state index contributed by atoms with van der Waals surface area (Å²) in [5, 5.41) is 4.30. The van der Waals surface area contributed by atoms with Gasteiger partial charge in [-0.25, -0.2) is 4.79 Å². The van der Waals surface area contributed by atoms with E-state index >= 15 is 0 Å². The van der Waals surface area contributed by atoms with Crippen molar-refractivity contribution in [3.8, 4) is 0 Å². The lowest BCUT2D eigenvalue weighted by atomic mass is 10.1. The van der Waals surface area contributed by atoms with E-state index in [4.69, 9.17) is 16.3 Å². The lowest BCUT2D eigenvalue weighted by Gasteiger charge is -2.16. The topological polar surface area (TPSA) is 68.3 Å². The highest BCUT2D eigenvalue weighted by Crippen LogP contribution is 2.21. The molecule has 26 heavy (non-hydrogen) atoms. The highest BCUT2D eigenvalue weighted by Gasteiger charge is 2.18. The van der Waals surface area contributed by atoms with E-state index in [0.717, 1.165) is 36.6 Å². The molecule has 138 valence electrons. The minimum atomic E-state index is -0.548. The predicted octanol–water partition coefficient (Wildman–Crippen LogP) is 4.19. The lowest BCUT2D eigenvalue weighted by Crippen LogP contribution is -2.37. The summed E-state index contributed by atoms with van der Waals surface area (Å²) in [6, 6.07) is 7.20. The van der Waals surface area contributed by atoms with Gasteiger partial charge in [0.25, 0.3) is 5.91 Å². The molecule has 0 spiro atoms. The summed E-state index contributed by atoms with van der Waals surface area (Å²) in [5.41, 5.74) is 1.67. The lowest BCUT2D eigenvalue weighted by molar-refractivity contribution is -0.125. The Morgan fingerprint density at radius 1 is 1.19 bits per heavy atom. The number of ether oxygens (including phenoxy) is 1. The molecule has 6 heteroatoms. The maximum atomic E-state index is 12.4. The molecule has 0 unspecified atom stereocenters. The number of carbonyl (C=O) groups excluding carboxylic acids is 2. The first-order chi connectivity index (χ1) is 12.5. The van der Waals surface area contributed by atoms with Crippen LogP contribution in [0, 0.1) is 6.92 Å². The number of benzene rings is 1. The highest BCUT2D eigenvalue weighted by atomic mass is 35.5. The second-order valence-electron chi connectivity index (χ2n) is 6.79. The maximum Gasteiger partial charge on any atom is 0.340 e. The molecule has 1 aliphatic rings. The van der Waals surface area contributed by atoms with Crippen LogP contribution in [0.2, 0.25) is 5.02 Å². The van der Waals surface area contributed by atoms with Gasteiger partial charge in [-0.1, -0.05) is 37.3 Å². The molecule has 0 radical (unpaired) electrons. The van der Waals surface area contributed by atoms with Crippen LogP contribution in [-0.4, -0.2) is 29.5 Å². The highest BCUT2D eigenvalue weighted by molar-refractivity contribution is 6.31. The minimum Gasteiger partial charge on any atom is -0.452 e. The number of aromatic nitrogens is 1. The molecule has 0 aliphatic heterocycles. The van der Waals surface area contributed by atoms with E-state index in [2.05, 4.69) is 10.3 Å². The van der Waals surface area contributed by atoms with Gasteiger partial charge in [-0.3, -0.25) is 9.78 Å². The zero-order chi connectivity index (χ0) is 18.5. The van der Waals surface area contributed by atoms with Crippen molar-refractivity contribution in [3.63, 3.8) is 0 Å². The van der Waals surface area contributed by atoms with E-state index in [1.54, 1.807) is 31.2 Å². The molecule has 1 aromatic heterocycles. The molecule has 1 fully saturated rings. The van der Waals surface area contributed by atoms with Crippen LogP contribution < -0.4 is 5.32 Å². The van der Waals surface area contributed by atoms with Crippen molar-refractivity contribution in [1.29, 1.82) is 0 Å². The second kappa shape index (κ2) is 8.49. The van der Waals surface area contributed by atoms with Crippen LogP contribution in [0.25, 0.3) is 10.9 Å². The average Bonchev–Trinajstić information content (AvgIpc) is 2.88. The third-order valence-corrected chi connectivity index (χ3v) is 4.98. The molecule has 5 nitrogen and oxygen atoms in total. The number of esters is 1. The summed E-state index contributed by atoms with van der Waals surface area (Å²) in [6.07, 6.45) is 6.70. The Balaban J connectivity index is 1.61. The summed E-state index contributed by atoms with van der Waals surface area (Å²) in [6.45, 7) is 1.47. The average molecular weight is 375 g/mol. The predicted molar refractivity (Wildman–Crippen MR) is 101 cm³/mol. The Morgan fingerprint density at radius 2 is 1.92 bits per heavy atom. The van der Waals surface area contributed by atoms with Gasteiger partial charge in [0.1, 0.15) is 0 Å². The van der Waals surface area contributed by atoms with Gasteiger partial charge < -0.3 is 10.1 Å². The van der Waals surface area contributed by atoms with Crippen molar-refractivity contribution in [2.24, 2.45) is 0 Å². The Hall–Kier alpha value is -2.14. The van der Waals surface area contributed by atoms with Gasteiger partial charge in [-0.05, 0) is 44.0 Å². The molecule has 0 saturated heterocycles. The fourth-order valence-electron chi connectivity index (χ4n) is 3.35. The molecule has 3 rings (SSSR count). The van der Waals surface area contributed by atoms with Crippen molar-refractivity contribution in [1.82, 2.24) is 10.3 Å². The number of pyridine rings is 1. The molecule has 1 amide bonds. The van der Waals surface area contributed by atoms with E-state index < -0.39 is 5.97 Å². The van der Waals surface area contributed by atoms with Crippen molar-refractivity contribution in [2.45, 2.75) is 51.5 Å². The van der Waals surface area contributed by atoms with E-state index in [9.17, 15) is 9.59 Å². The molecule has 1 heterocycles. The number of halogens is 1. The first kappa shape index (κ1) is 18.6. The smallest absolute Gasteiger partial charge is 0.340 e. The summed E-state index contributed by atoms with van der Waals surface area (Å²) >= 11 is 6.00. The molecule has 0 atom stereocenters. The van der Waals surface area contributed by atoms with Crippen LogP contribution in [0.4, 0.5) is 0 Å². The van der Waals surface area contributed by atoms with Gasteiger partial charge in [-0.2, -0.15) is 0 Å². The zero-order valence-corrected chi connectivity index (χ0v) is 15.6. The Bertz CT molecular complexity index is 814. The van der Waals surface area contributed by atoms with Crippen LogP contribution in [0.5, 0.6) is 0 Å². The van der Waals surface area contributed by atoms with Crippen molar-refractivity contribution in [3.05, 3.63) is 40.5 Å². The Labute approximate surface area is 158 Å². The first-order valence-electron chi connectivity index (χ1n) is 9.06. The number of nitrogens with one attached hydrogen (secondary N) is 1. The van der Waals surface area contributed by atoms with Gasteiger partial charge in [-0.15, -0.1) is 0 Å². The fraction of sp³-hybridized carbons (Fsp3) is 0.450. The van der Waals surface area contributed by atoms with Crippen LogP contribution in [-0.2, 0) is 9.53 Å². The van der Waals surface area contributed by atoms with Crippen molar-refractivity contribution < 1.29 is 14.3 Å². The second-order valence-corrected chi connectivity index (χ2v) is 7.23. The fourth-order valence-corrected chi connectivity index (χ4v) is 3.53. The monoisotopic (exact) mass is 374 g/mol. The molecule has 2 aromatic rings. The number of carbonyl (C=O) groups is 2. The number of amides is 1. The van der Waals surface area contributed by atoms with Crippen LogP contribution in [0.3, 0.4) is 0 Å². The molecule has 0 bridgehead atoms. The zero-order valence-electron chi connectivity index (χ0n) is 14.9. The number of nitrogens with zero attached hydrogens (tertiary/aromatic N) is 1. The molecule has 1 saturated carbocycles. The molecule has 1 aliphatic carbocycles. The van der Waals surface area contributed by atoms with Crippen LogP contribution in [0.15, 0.2) is 24.3 Å². The van der Waals surface area contributed by atoms with Crippen molar-refractivity contribution in [2.75, 3.05) is 6.61 Å². The van der Waals surface area contributed by atoms with Crippen LogP contribution in [0.1, 0.15) is 54.6 Å². The molecule has 1 N–H and O–H groups in total. The SMILES string of the molecule is Cc1nc2ccc(Cl)cc2cc1C(=O)OCC(=O)NC1CCCCCC1. The van der Waals surface area contributed by atoms with Gasteiger partial charge in [0.15, 0.2) is 6.61 Å². The largest absolute Gasteiger partial charge is 0.452 e. The van der Waals surface area contributed by atoms with E-state index in [0.29, 0.717) is 16.3 Å². The quantitative estimate of drug-likeness (QED) is 0.643. The van der Waals surface area contributed by atoms with Gasteiger partial charge in [0.2, 0.25) is 0 Å². The number of hydrogen-bond donors (Lipinski definition) is 1. The maximum absolute atomic E-state index is 12.4. The number of fused-ring (bicyclic) bond motifs is 1. The molecular weight excluding hydrogens is 352 g/mol. The molecule has 1 aromatic carbocycles. The minimum absolute atomic E-state index is 0.190. The van der Waals surface area contributed by atoms with Gasteiger partial charge in [0.05, 0.1) is 16.8 Å². The van der Waals surface area contributed by atoms with Gasteiger partial charge >= 0.3 is 5.97 Å². The summed E-state index contributed by atoms with van der Waals surface area (Å²) in [5.74, 6) is -0.799. The normalized spacial score (nSPS) is 15.5.